The first-order chi connectivity index (χ1) is 11.1. The van der Waals surface area contributed by atoms with Crippen molar-refractivity contribution in [2.75, 3.05) is 12.4 Å². The van der Waals surface area contributed by atoms with Gasteiger partial charge in [-0.25, -0.2) is 9.59 Å². The predicted octanol–water partition coefficient (Wildman–Crippen LogP) is 3.34. The zero-order chi connectivity index (χ0) is 16.8. The number of thioether (sulfide) groups is 1. The lowest BCUT2D eigenvalue weighted by molar-refractivity contribution is -0.139. The minimum Gasteiger partial charge on any atom is -0.463 e. The van der Waals surface area contributed by atoms with Crippen LogP contribution in [0.5, 0.6) is 0 Å². The van der Waals surface area contributed by atoms with E-state index in [2.05, 4.69) is 10.6 Å². The van der Waals surface area contributed by atoms with Gasteiger partial charge in [0.25, 0.3) is 0 Å². The van der Waals surface area contributed by atoms with E-state index < -0.39 is 5.97 Å². The lowest BCUT2D eigenvalue weighted by Gasteiger charge is -2.28. The second kappa shape index (κ2) is 8.26. The van der Waals surface area contributed by atoms with Gasteiger partial charge >= 0.3 is 12.0 Å². The molecule has 7 heteroatoms. The quantitative estimate of drug-likeness (QED) is 0.607. The van der Waals surface area contributed by atoms with E-state index in [0.717, 1.165) is 4.90 Å². The van der Waals surface area contributed by atoms with Crippen LogP contribution in [0.3, 0.4) is 0 Å². The largest absolute Gasteiger partial charge is 0.463 e. The van der Waals surface area contributed by atoms with Crippen LogP contribution < -0.4 is 10.6 Å². The Morgan fingerprint density at radius 3 is 2.74 bits per heavy atom. The van der Waals surface area contributed by atoms with Gasteiger partial charge in [-0.1, -0.05) is 30.7 Å². The molecule has 1 heterocycles. The first-order valence-electron chi connectivity index (χ1n) is 7.41. The third kappa shape index (κ3) is 4.42. The van der Waals surface area contributed by atoms with Gasteiger partial charge < -0.3 is 15.4 Å². The molecule has 0 saturated heterocycles. The molecule has 1 atom stereocenters. The fourth-order valence-electron chi connectivity index (χ4n) is 2.29. The zero-order valence-corrected chi connectivity index (χ0v) is 14.6. The second-order valence-electron chi connectivity index (χ2n) is 4.89. The highest BCUT2D eigenvalue weighted by molar-refractivity contribution is 7.99. The van der Waals surface area contributed by atoms with Crippen LogP contribution >= 0.6 is 23.4 Å². The summed E-state index contributed by atoms with van der Waals surface area (Å²) in [6.45, 7) is 3.96. The Kier molecular flexibility index (Phi) is 6.36. The summed E-state index contributed by atoms with van der Waals surface area (Å²) in [5, 5.41) is 6.12. The Labute approximate surface area is 144 Å². The Morgan fingerprint density at radius 1 is 1.35 bits per heavy atom. The molecule has 0 saturated carbocycles. The maximum Gasteiger partial charge on any atom is 0.337 e. The van der Waals surface area contributed by atoms with E-state index in [4.69, 9.17) is 16.3 Å². The van der Waals surface area contributed by atoms with Crippen molar-refractivity contribution in [2.24, 2.45) is 0 Å². The SMILES string of the molecule is CCOC(=O)C1=C(CSc2ccccc2Cl)NC(=O)N[C@@H]1CC. The predicted molar refractivity (Wildman–Crippen MR) is 91.6 cm³/mol. The van der Waals surface area contributed by atoms with Crippen molar-refractivity contribution in [3.8, 4) is 0 Å². The van der Waals surface area contributed by atoms with Gasteiger partial charge in [0.15, 0.2) is 0 Å². The van der Waals surface area contributed by atoms with Crippen LogP contribution in [0.15, 0.2) is 40.4 Å². The van der Waals surface area contributed by atoms with Crippen molar-refractivity contribution in [1.29, 1.82) is 0 Å². The van der Waals surface area contributed by atoms with Gasteiger partial charge in [-0.3, -0.25) is 0 Å². The molecular formula is C16H19ClN2O3S. The number of ether oxygens (including phenoxy) is 1. The molecule has 0 aromatic heterocycles. The van der Waals surface area contributed by atoms with E-state index >= 15 is 0 Å². The highest BCUT2D eigenvalue weighted by Crippen LogP contribution is 2.29. The molecule has 0 aliphatic carbocycles. The first-order valence-corrected chi connectivity index (χ1v) is 8.78. The summed E-state index contributed by atoms with van der Waals surface area (Å²) in [6.07, 6.45) is 0.613. The number of hydrogen-bond donors (Lipinski definition) is 2. The number of carbonyl (C=O) groups is 2. The smallest absolute Gasteiger partial charge is 0.337 e. The number of hydrogen-bond acceptors (Lipinski definition) is 4. The number of benzene rings is 1. The Bertz CT molecular complexity index is 634. The van der Waals surface area contributed by atoms with E-state index in [1.54, 1.807) is 13.0 Å². The average molecular weight is 355 g/mol. The van der Waals surface area contributed by atoms with Crippen LogP contribution in [-0.2, 0) is 9.53 Å². The van der Waals surface area contributed by atoms with Gasteiger partial charge in [-0.2, -0.15) is 0 Å². The van der Waals surface area contributed by atoms with Crippen LogP contribution in [0.1, 0.15) is 20.3 Å². The van der Waals surface area contributed by atoms with Crippen molar-refractivity contribution in [3.63, 3.8) is 0 Å². The highest BCUT2D eigenvalue weighted by atomic mass is 35.5. The molecule has 0 fully saturated rings. The lowest BCUT2D eigenvalue weighted by atomic mass is 10.0. The maximum absolute atomic E-state index is 12.3. The lowest BCUT2D eigenvalue weighted by Crippen LogP contribution is -2.50. The molecule has 2 rings (SSSR count). The van der Waals surface area contributed by atoms with E-state index in [0.29, 0.717) is 28.5 Å². The van der Waals surface area contributed by atoms with E-state index in [-0.39, 0.29) is 18.7 Å². The topological polar surface area (TPSA) is 67.4 Å². The van der Waals surface area contributed by atoms with E-state index in [9.17, 15) is 9.59 Å². The van der Waals surface area contributed by atoms with Gasteiger partial charge in [0.05, 0.1) is 23.2 Å². The molecule has 1 aliphatic rings. The summed E-state index contributed by atoms with van der Waals surface area (Å²) in [5.41, 5.74) is 1.05. The number of nitrogens with one attached hydrogen (secondary N) is 2. The van der Waals surface area contributed by atoms with Crippen molar-refractivity contribution < 1.29 is 14.3 Å². The Hall–Kier alpha value is -1.66. The minimum absolute atomic E-state index is 0.289. The Morgan fingerprint density at radius 2 is 2.09 bits per heavy atom. The van der Waals surface area contributed by atoms with Gasteiger partial charge in [0, 0.05) is 16.3 Å². The molecule has 1 aliphatic heterocycles. The van der Waals surface area contributed by atoms with Crippen molar-refractivity contribution in [3.05, 3.63) is 40.6 Å². The third-order valence-electron chi connectivity index (χ3n) is 3.36. The number of esters is 1. The average Bonchev–Trinajstić information content (AvgIpc) is 2.53. The highest BCUT2D eigenvalue weighted by Gasteiger charge is 2.31. The van der Waals surface area contributed by atoms with Crippen LogP contribution in [0.4, 0.5) is 4.79 Å². The summed E-state index contributed by atoms with van der Waals surface area (Å²) in [7, 11) is 0. The molecule has 23 heavy (non-hydrogen) atoms. The van der Waals surface area contributed by atoms with Crippen molar-refractivity contribution >= 4 is 35.4 Å². The van der Waals surface area contributed by atoms with E-state index in [1.165, 1.54) is 11.8 Å². The van der Waals surface area contributed by atoms with E-state index in [1.807, 2.05) is 25.1 Å². The van der Waals surface area contributed by atoms with Gasteiger partial charge in [0.1, 0.15) is 0 Å². The molecule has 2 N–H and O–H groups in total. The van der Waals surface area contributed by atoms with Crippen molar-refractivity contribution in [2.45, 2.75) is 31.2 Å². The third-order valence-corrected chi connectivity index (χ3v) is 4.90. The fraction of sp³-hybridized carbons (Fsp3) is 0.375. The molecule has 0 radical (unpaired) electrons. The molecule has 5 nitrogen and oxygen atoms in total. The van der Waals surface area contributed by atoms with Crippen LogP contribution in [0.2, 0.25) is 5.02 Å². The molecule has 0 bridgehead atoms. The summed E-state index contributed by atoms with van der Waals surface area (Å²) in [5.74, 6) is 0.0311. The molecule has 2 amide bonds. The van der Waals surface area contributed by atoms with Gasteiger partial charge in [-0.15, -0.1) is 11.8 Å². The van der Waals surface area contributed by atoms with Gasteiger partial charge in [-0.05, 0) is 25.5 Å². The molecular weight excluding hydrogens is 336 g/mol. The standard InChI is InChI=1S/C16H19ClN2O3S/c1-3-11-14(15(20)22-4-2)12(19-16(21)18-11)9-23-13-8-6-5-7-10(13)17/h5-8,11H,3-4,9H2,1-2H3,(H2,18,19,21)/t11-/m1/s1. The number of halogens is 1. The van der Waals surface area contributed by atoms with Crippen LogP contribution in [0.25, 0.3) is 0 Å². The fourth-order valence-corrected chi connectivity index (χ4v) is 3.49. The first kappa shape index (κ1) is 17.7. The summed E-state index contributed by atoms with van der Waals surface area (Å²) in [4.78, 5) is 25.0. The number of rotatable bonds is 6. The number of carbonyl (C=O) groups excluding carboxylic acids is 2. The molecule has 1 aromatic rings. The zero-order valence-electron chi connectivity index (χ0n) is 13.0. The monoisotopic (exact) mass is 354 g/mol. The molecule has 1 aromatic carbocycles. The summed E-state index contributed by atoms with van der Waals surface area (Å²) < 4.78 is 5.13. The normalized spacial score (nSPS) is 17.5. The summed E-state index contributed by atoms with van der Waals surface area (Å²) in [6, 6.07) is 6.81. The molecule has 0 unspecified atom stereocenters. The number of amides is 2. The van der Waals surface area contributed by atoms with Gasteiger partial charge in [0.2, 0.25) is 0 Å². The summed E-state index contributed by atoms with van der Waals surface area (Å²) >= 11 is 7.61. The van der Waals surface area contributed by atoms with Crippen molar-refractivity contribution in [1.82, 2.24) is 10.6 Å². The molecule has 0 spiro atoms. The Balaban J connectivity index is 2.26. The minimum atomic E-state index is -0.401. The maximum atomic E-state index is 12.3. The number of urea groups is 1. The van der Waals surface area contributed by atoms with Crippen LogP contribution in [0, 0.1) is 0 Å². The van der Waals surface area contributed by atoms with Crippen LogP contribution in [-0.4, -0.2) is 30.4 Å². The molecule has 124 valence electrons. The second-order valence-corrected chi connectivity index (χ2v) is 6.32.